The van der Waals surface area contributed by atoms with Crippen molar-refractivity contribution >= 4 is 17.7 Å². The molecule has 0 saturated heterocycles. The lowest BCUT2D eigenvalue weighted by atomic mass is 10.1. The standard InChI is InChI=1S/C21H25N5O2S/c1-16(17-7-5-4-6-8-17)25(2)19(27)15-29-21-24-23-20(26(21)13-14-28-3)18-9-11-22-12-10-18/h4-12,16H,13-15H2,1-3H3. The first kappa shape index (κ1) is 21.0. The van der Waals surface area contributed by atoms with E-state index in [-0.39, 0.29) is 17.7 Å². The third-order valence-corrected chi connectivity index (χ3v) is 5.71. The zero-order valence-electron chi connectivity index (χ0n) is 16.9. The Morgan fingerprint density at radius 2 is 1.90 bits per heavy atom. The van der Waals surface area contributed by atoms with Crippen molar-refractivity contribution in [3.63, 3.8) is 0 Å². The summed E-state index contributed by atoms with van der Waals surface area (Å²) >= 11 is 1.39. The fourth-order valence-electron chi connectivity index (χ4n) is 2.89. The number of rotatable bonds is 9. The van der Waals surface area contributed by atoms with Gasteiger partial charge in [0.05, 0.1) is 24.9 Å². The van der Waals surface area contributed by atoms with Crippen LogP contribution >= 0.6 is 11.8 Å². The highest BCUT2D eigenvalue weighted by Crippen LogP contribution is 2.25. The average Bonchev–Trinajstić information content (AvgIpc) is 3.18. The molecular weight excluding hydrogens is 386 g/mol. The van der Waals surface area contributed by atoms with Crippen LogP contribution in [0.25, 0.3) is 11.4 Å². The molecule has 7 nitrogen and oxygen atoms in total. The predicted octanol–water partition coefficient (Wildman–Crippen LogP) is 3.30. The van der Waals surface area contributed by atoms with E-state index in [9.17, 15) is 4.79 Å². The molecule has 0 spiro atoms. The Kier molecular flexibility index (Phi) is 7.37. The maximum absolute atomic E-state index is 12.7. The number of methoxy groups -OCH3 is 1. The first-order valence-electron chi connectivity index (χ1n) is 9.37. The summed E-state index contributed by atoms with van der Waals surface area (Å²) in [5.41, 5.74) is 2.04. The van der Waals surface area contributed by atoms with E-state index in [1.807, 2.05) is 61.0 Å². The van der Waals surface area contributed by atoms with Crippen LogP contribution in [-0.2, 0) is 16.1 Å². The summed E-state index contributed by atoms with van der Waals surface area (Å²) in [5.74, 6) is 1.07. The number of aromatic nitrogens is 4. The molecule has 3 aromatic rings. The molecule has 0 saturated carbocycles. The van der Waals surface area contributed by atoms with Crippen LogP contribution in [0.15, 0.2) is 60.0 Å². The molecule has 0 aliphatic rings. The Morgan fingerprint density at radius 3 is 2.59 bits per heavy atom. The van der Waals surface area contributed by atoms with Crippen molar-refractivity contribution in [1.82, 2.24) is 24.6 Å². The van der Waals surface area contributed by atoms with E-state index in [4.69, 9.17) is 4.74 Å². The fraction of sp³-hybridized carbons (Fsp3) is 0.333. The van der Waals surface area contributed by atoms with Gasteiger partial charge in [0, 0.05) is 32.1 Å². The van der Waals surface area contributed by atoms with Gasteiger partial charge >= 0.3 is 0 Å². The smallest absolute Gasteiger partial charge is 0.233 e. The molecule has 29 heavy (non-hydrogen) atoms. The summed E-state index contributed by atoms with van der Waals surface area (Å²) < 4.78 is 7.22. The van der Waals surface area contributed by atoms with Crippen LogP contribution < -0.4 is 0 Å². The van der Waals surface area contributed by atoms with Gasteiger partial charge in [-0.1, -0.05) is 42.1 Å². The number of pyridine rings is 1. The van der Waals surface area contributed by atoms with E-state index >= 15 is 0 Å². The van der Waals surface area contributed by atoms with Gasteiger partial charge in [0.25, 0.3) is 0 Å². The second-order valence-corrected chi connectivity index (χ2v) is 7.51. The number of thioether (sulfide) groups is 1. The maximum Gasteiger partial charge on any atom is 0.233 e. The van der Waals surface area contributed by atoms with E-state index < -0.39 is 0 Å². The van der Waals surface area contributed by atoms with Gasteiger partial charge in [-0.25, -0.2) is 0 Å². The van der Waals surface area contributed by atoms with E-state index in [0.717, 1.165) is 17.0 Å². The SMILES string of the molecule is COCCn1c(SCC(=O)N(C)C(C)c2ccccc2)nnc1-c1ccncc1. The average molecular weight is 412 g/mol. The van der Waals surface area contributed by atoms with Crippen molar-refractivity contribution in [2.75, 3.05) is 26.5 Å². The summed E-state index contributed by atoms with van der Waals surface area (Å²) in [6, 6.07) is 13.8. The molecule has 1 unspecified atom stereocenters. The molecule has 8 heteroatoms. The van der Waals surface area contributed by atoms with Crippen LogP contribution in [0.1, 0.15) is 18.5 Å². The quantitative estimate of drug-likeness (QED) is 0.503. The number of hydrogen-bond donors (Lipinski definition) is 0. The minimum atomic E-state index is 0.00282. The Balaban J connectivity index is 1.71. The largest absolute Gasteiger partial charge is 0.383 e. The molecule has 3 rings (SSSR count). The van der Waals surface area contributed by atoms with E-state index in [2.05, 4.69) is 15.2 Å². The van der Waals surface area contributed by atoms with Crippen LogP contribution in [0, 0.1) is 0 Å². The molecule has 1 atom stereocenters. The van der Waals surface area contributed by atoms with Gasteiger partial charge in [0.1, 0.15) is 0 Å². The lowest BCUT2D eigenvalue weighted by molar-refractivity contribution is -0.128. The second kappa shape index (κ2) is 10.2. The lowest BCUT2D eigenvalue weighted by Crippen LogP contribution is -2.31. The molecular formula is C21H25N5O2S. The molecule has 1 aromatic carbocycles. The minimum Gasteiger partial charge on any atom is -0.383 e. The van der Waals surface area contributed by atoms with Gasteiger partial charge in [-0.2, -0.15) is 0 Å². The Hall–Kier alpha value is -2.71. The van der Waals surface area contributed by atoms with E-state index in [0.29, 0.717) is 18.3 Å². The van der Waals surface area contributed by atoms with Gasteiger partial charge in [-0.3, -0.25) is 14.3 Å². The highest BCUT2D eigenvalue weighted by Gasteiger charge is 2.20. The van der Waals surface area contributed by atoms with Crippen molar-refractivity contribution in [3.05, 3.63) is 60.4 Å². The number of benzene rings is 1. The second-order valence-electron chi connectivity index (χ2n) is 6.57. The normalized spacial score (nSPS) is 12.0. The lowest BCUT2D eigenvalue weighted by Gasteiger charge is -2.25. The predicted molar refractivity (Wildman–Crippen MR) is 113 cm³/mol. The van der Waals surface area contributed by atoms with Crippen molar-refractivity contribution in [3.8, 4) is 11.4 Å². The van der Waals surface area contributed by atoms with Crippen LogP contribution in [-0.4, -0.2) is 57.1 Å². The molecule has 0 aliphatic carbocycles. The summed E-state index contributed by atoms with van der Waals surface area (Å²) in [4.78, 5) is 18.6. The molecule has 0 aliphatic heterocycles. The molecule has 0 fully saturated rings. The third kappa shape index (κ3) is 5.21. The first-order chi connectivity index (χ1) is 14.1. The number of hydrogen-bond acceptors (Lipinski definition) is 6. The summed E-state index contributed by atoms with van der Waals surface area (Å²) in [5, 5.41) is 9.33. The highest BCUT2D eigenvalue weighted by molar-refractivity contribution is 7.99. The minimum absolute atomic E-state index is 0.00282. The van der Waals surface area contributed by atoms with Crippen LogP contribution in [0.3, 0.4) is 0 Å². The van der Waals surface area contributed by atoms with E-state index in [1.54, 1.807) is 24.4 Å². The molecule has 2 aromatic heterocycles. The summed E-state index contributed by atoms with van der Waals surface area (Å²) in [6.07, 6.45) is 3.45. The van der Waals surface area contributed by atoms with Crippen LogP contribution in [0.5, 0.6) is 0 Å². The van der Waals surface area contributed by atoms with Gasteiger partial charge in [-0.15, -0.1) is 10.2 Å². The number of nitrogens with zero attached hydrogens (tertiary/aromatic N) is 5. The van der Waals surface area contributed by atoms with Crippen molar-refractivity contribution in [2.24, 2.45) is 0 Å². The van der Waals surface area contributed by atoms with Gasteiger partial charge in [-0.05, 0) is 24.6 Å². The number of carbonyl (C=O) groups is 1. The van der Waals surface area contributed by atoms with Gasteiger partial charge in [0.15, 0.2) is 11.0 Å². The van der Waals surface area contributed by atoms with Crippen molar-refractivity contribution < 1.29 is 9.53 Å². The topological polar surface area (TPSA) is 73.1 Å². The summed E-state index contributed by atoms with van der Waals surface area (Å²) in [7, 11) is 3.49. The number of amides is 1. The molecule has 1 amide bonds. The van der Waals surface area contributed by atoms with E-state index in [1.165, 1.54) is 11.8 Å². The number of ether oxygens (including phenoxy) is 1. The molecule has 0 radical (unpaired) electrons. The Morgan fingerprint density at radius 1 is 1.17 bits per heavy atom. The molecule has 2 heterocycles. The number of carbonyl (C=O) groups excluding carboxylic acids is 1. The molecule has 0 N–H and O–H groups in total. The maximum atomic E-state index is 12.7. The third-order valence-electron chi connectivity index (χ3n) is 4.76. The molecule has 0 bridgehead atoms. The fourth-order valence-corrected chi connectivity index (χ4v) is 3.78. The summed E-state index contributed by atoms with van der Waals surface area (Å²) in [6.45, 7) is 3.16. The first-order valence-corrected chi connectivity index (χ1v) is 10.4. The zero-order valence-corrected chi connectivity index (χ0v) is 17.7. The Bertz CT molecular complexity index is 917. The monoisotopic (exact) mass is 411 g/mol. The van der Waals surface area contributed by atoms with Gasteiger partial charge < -0.3 is 9.64 Å². The van der Waals surface area contributed by atoms with Crippen molar-refractivity contribution in [2.45, 2.75) is 24.7 Å². The highest BCUT2D eigenvalue weighted by atomic mass is 32.2. The zero-order chi connectivity index (χ0) is 20.6. The van der Waals surface area contributed by atoms with Crippen molar-refractivity contribution in [1.29, 1.82) is 0 Å². The van der Waals surface area contributed by atoms with Crippen LogP contribution in [0.2, 0.25) is 0 Å². The molecule has 152 valence electrons. The van der Waals surface area contributed by atoms with Gasteiger partial charge in [0.2, 0.25) is 5.91 Å². The Labute approximate surface area is 175 Å². The van der Waals surface area contributed by atoms with Crippen LogP contribution in [0.4, 0.5) is 0 Å².